The summed E-state index contributed by atoms with van der Waals surface area (Å²) in [4.78, 5) is 0. The maximum Gasteiger partial charge on any atom is 0.187 e. The van der Waals surface area contributed by atoms with Crippen molar-refractivity contribution in [1.29, 1.82) is 0 Å². The Balaban J connectivity index is 2.41. The van der Waals surface area contributed by atoms with Gasteiger partial charge in [0, 0.05) is 5.54 Å². The van der Waals surface area contributed by atoms with Crippen molar-refractivity contribution in [3.8, 4) is 0 Å². The average Bonchev–Trinajstić information content (AvgIpc) is 2.16. The molecule has 86 valence electrons. The van der Waals surface area contributed by atoms with Crippen LogP contribution in [0.1, 0.15) is 26.3 Å². The lowest BCUT2D eigenvalue weighted by atomic mass is 10.1. The van der Waals surface area contributed by atoms with Crippen molar-refractivity contribution in [2.45, 2.75) is 26.3 Å². The van der Waals surface area contributed by atoms with Gasteiger partial charge in [-0.05, 0) is 38.6 Å². The zero-order chi connectivity index (χ0) is 12.0. The summed E-state index contributed by atoms with van der Waals surface area (Å²) in [5.74, 6) is 0. The molecule has 0 aliphatic heterocycles. The third-order valence-electron chi connectivity index (χ3n) is 1.67. The quantitative estimate of drug-likeness (QED) is 0.469. The van der Waals surface area contributed by atoms with Crippen LogP contribution in [0, 0.1) is 0 Å². The van der Waals surface area contributed by atoms with Crippen molar-refractivity contribution in [1.82, 2.24) is 10.7 Å². The molecule has 1 aromatic carbocycles. The molecule has 0 bridgehead atoms. The molecule has 0 unspecified atom stereocenters. The first-order valence-corrected chi connectivity index (χ1v) is 5.54. The predicted octanol–water partition coefficient (Wildman–Crippen LogP) is 2.28. The van der Waals surface area contributed by atoms with Crippen LogP contribution in [-0.4, -0.2) is 16.9 Å². The third kappa shape index (κ3) is 5.46. The van der Waals surface area contributed by atoms with Gasteiger partial charge < -0.3 is 5.32 Å². The Kier molecular flexibility index (Phi) is 4.43. The van der Waals surface area contributed by atoms with Crippen LogP contribution in [0.2, 0.25) is 0 Å². The van der Waals surface area contributed by atoms with Gasteiger partial charge in [-0.15, -0.1) is 0 Å². The topological polar surface area (TPSA) is 36.4 Å². The second-order valence-electron chi connectivity index (χ2n) is 4.48. The minimum absolute atomic E-state index is 0.0493. The summed E-state index contributed by atoms with van der Waals surface area (Å²) in [6.07, 6.45) is 1.73. The third-order valence-corrected chi connectivity index (χ3v) is 1.86. The van der Waals surface area contributed by atoms with E-state index in [1.165, 1.54) is 0 Å². The minimum Gasteiger partial charge on any atom is -0.357 e. The van der Waals surface area contributed by atoms with E-state index in [9.17, 15) is 0 Å². The highest BCUT2D eigenvalue weighted by Crippen LogP contribution is 1.97. The molecular weight excluding hydrogens is 218 g/mol. The summed E-state index contributed by atoms with van der Waals surface area (Å²) < 4.78 is 0. The van der Waals surface area contributed by atoms with Gasteiger partial charge in [0.1, 0.15) is 0 Å². The van der Waals surface area contributed by atoms with Crippen LogP contribution < -0.4 is 10.7 Å². The van der Waals surface area contributed by atoms with Crippen molar-refractivity contribution in [2.75, 3.05) is 0 Å². The Bertz CT molecular complexity index is 366. The zero-order valence-corrected chi connectivity index (χ0v) is 10.6. The average molecular weight is 235 g/mol. The minimum atomic E-state index is -0.0493. The van der Waals surface area contributed by atoms with Crippen LogP contribution in [0.5, 0.6) is 0 Å². The van der Waals surface area contributed by atoms with Gasteiger partial charge in [-0.1, -0.05) is 30.3 Å². The highest BCUT2D eigenvalue weighted by atomic mass is 32.1. The van der Waals surface area contributed by atoms with Crippen LogP contribution in [-0.2, 0) is 0 Å². The van der Waals surface area contributed by atoms with Gasteiger partial charge in [0.2, 0.25) is 0 Å². The standard InChI is InChI=1S/C12H17N3S/c1-12(2,3)14-11(16)15-13-9-10-7-5-4-6-8-10/h4-9H,1-3H3,(H2,14,15,16)/b13-9+. The molecule has 0 aromatic heterocycles. The van der Waals surface area contributed by atoms with E-state index >= 15 is 0 Å². The summed E-state index contributed by atoms with van der Waals surface area (Å²) in [5.41, 5.74) is 3.76. The Hall–Kier alpha value is -1.42. The fourth-order valence-corrected chi connectivity index (χ4v) is 1.43. The Morgan fingerprint density at radius 1 is 1.25 bits per heavy atom. The lowest BCUT2D eigenvalue weighted by molar-refractivity contribution is 0.508. The first kappa shape index (κ1) is 12.6. The summed E-state index contributed by atoms with van der Waals surface area (Å²) in [7, 11) is 0. The highest BCUT2D eigenvalue weighted by molar-refractivity contribution is 7.80. The largest absolute Gasteiger partial charge is 0.357 e. The van der Waals surface area contributed by atoms with Crippen LogP contribution >= 0.6 is 12.2 Å². The number of nitrogens with one attached hydrogen (secondary N) is 2. The fraction of sp³-hybridized carbons (Fsp3) is 0.333. The number of rotatable bonds is 2. The van der Waals surface area contributed by atoms with Gasteiger partial charge in [-0.3, -0.25) is 5.43 Å². The molecule has 2 N–H and O–H groups in total. The normalized spacial score (nSPS) is 11.4. The number of hydrogen-bond donors (Lipinski definition) is 2. The van der Waals surface area contributed by atoms with E-state index in [0.717, 1.165) is 5.56 Å². The molecular formula is C12H17N3S. The second kappa shape index (κ2) is 5.61. The Morgan fingerprint density at radius 3 is 2.44 bits per heavy atom. The molecule has 0 radical (unpaired) electrons. The van der Waals surface area contributed by atoms with Crippen molar-refractivity contribution < 1.29 is 0 Å². The number of thiocarbonyl (C=S) groups is 1. The molecule has 1 rings (SSSR count). The van der Waals surface area contributed by atoms with E-state index in [2.05, 4.69) is 15.8 Å². The maximum atomic E-state index is 5.08. The van der Waals surface area contributed by atoms with Gasteiger partial charge in [0.25, 0.3) is 0 Å². The fourth-order valence-electron chi connectivity index (χ4n) is 1.07. The molecule has 0 fully saturated rings. The molecule has 0 aliphatic rings. The number of nitrogens with zero attached hydrogens (tertiary/aromatic N) is 1. The van der Waals surface area contributed by atoms with Gasteiger partial charge in [0.15, 0.2) is 5.11 Å². The van der Waals surface area contributed by atoms with Crippen molar-refractivity contribution in [3.63, 3.8) is 0 Å². The molecule has 16 heavy (non-hydrogen) atoms. The van der Waals surface area contributed by atoms with Gasteiger partial charge >= 0.3 is 0 Å². The van der Waals surface area contributed by atoms with E-state index in [-0.39, 0.29) is 5.54 Å². The van der Waals surface area contributed by atoms with Crippen LogP contribution in [0.4, 0.5) is 0 Å². The van der Waals surface area contributed by atoms with Crippen molar-refractivity contribution in [2.24, 2.45) is 5.10 Å². The maximum absolute atomic E-state index is 5.08. The summed E-state index contributed by atoms with van der Waals surface area (Å²) in [5, 5.41) is 7.69. The SMILES string of the molecule is CC(C)(C)NC(=S)N/N=C/c1ccccc1. The van der Waals surface area contributed by atoms with E-state index in [1.54, 1.807) is 6.21 Å². The van der Waals surface area contributed by atoms with Crippen molar-refractivity contribution >= 4 is 23.5 Å². The first-order valence-electron chi connectivity index (χ1n) is 5.14. The second-order valence-corrected chi connectivity index (χ2v) is 4.89. The van der Waals surface area contributed by atoms with Gasteiger partial charge in [0.05, 0.1) is 6.21 Å². The molecule has 4 heteroatoms. The highest BCUT2D eigenvalue weighted by Gasteiger charge is 2.09. The molecule has 0 heterocycles. The van der Waals surface area contributed by atoms with Gasteiger partial charge in [-0.25, -0.2) is 0 Å². The molecule has 0 saturated heterocycles. The smallest absolute Gasteiger partial charge is 0.187 e. The number of hydrogen-bond acceptors (Lipinski definition) is 2. The number of hydrazone groups is 1. The lowest BCUT2D eigenvalue weighted by Gasteiger charge is -2.21. The molecule has 3 nitrogen and oxygen atoms in total. The van der Waals surface area contributed by atoms with Crippen LogP contribution in [0.25, 0.3) is 0 Å². The molecule has 0 amide bonds. The van der Waals surface area contributed by atoms with Crippen LogP contribution in [0.3, 0.4) is 0 Å². The van der Waals surface area contributed by atoms with Crippen molar-refractivity contribution in [3.05, 3.63) is 35.9 Å². The monoisotopic (exact) mass is 235 g/mol. The molecule has 0 atom stereocenters. The van der Waals surface area contributed by atoms with E-state index in [4.69, 9.17) is 12.2 Å². The summed E-state index contributed by atoms with van der Waals surface area (Å²) in [6.45, 7) is 6.13. The lowest BCUT2D eigenvalue weighted by Crippen LogP contribution is -2.44. The van der Waals surface area contributed by atoms with Gasteiger partial charge in [-0.2, -0.15) is 5.10 Å². The zero-order valence-electron chi connectivity index (χ0n) is 9.82. The van der Waals surface area contributed by atoms with E-state index in [1.807, 2.05) is 51.1 Å². The number of benzene rings is 1. The molecule has 0 aliphatic carbocycles. The summed E-state index contributed by atoms with van der Waals surface area (Å²) in [6, 6.07) is 9.85. The first-order chi connectivity index (χ1) is 7.47. The Labute approximate surface area is 102 Å². The molecule has 1 aromatic rings. The van der Waals surface area contributed by atoms with E-state index in [0.29, 0.717) is 5.11 Å². The molecule has 0 saturated carbocycles. The van der Waals surface area contributed by atoms with Crippen LogP contribution in [0.15, 0.2) is 35.4 Å². The Morgan fingerprint density at radius 2 is 1.88 bits per heavy atom. The predicted molar refractivity (Wildman–Crippen MR) is 72.7 cm³/mol. The molecule has 0 spiro atoms. The van der Waals surface area contributed by atoms with E-state index < -0.39 is 0 Å². The summed E-state index contributed by atoms with van der Waals surface area (Å²) >= 11 is 5.08.